The number of hydrogen-bond acceptors (Lipinski definition) is 2. The van der Waals surface area contributed by atoms with Gasteiger partial charge in [-0.25, -0.2) is 9.07 Å². The number of guanidine groups is 1. The van der Waals surface area contributed by atoms with E-state index in [1.165, 1.54) is 6.07 Å². The minimum Gasteiger partial charge on any atom is -0.352 e. The highest BCUT2D eigenvalue weighted by Gasteiger charge is 2.13. The number of aromatic nitrogens is 2. The molecule has 0 aliphatic carbocycles. The average Bonchev–Trinajstić information content (AvgIpc) is 2.99. The zero-order chi connectivity index (χ0) is 20.1. The molecule has 146 valence electrons. The van der Waals surface area contributed by atoms with Gasteiger partial charge < -0.3 is 10.6 Å². The normalized spacial score (nSPS) is 11.5. The van der Waals surface area contributed by atoms with E-state index >= 15 is 0 Å². The van der Waals surface area contributed by atoms with E-state index in [-0.39, 0.29) is 5.82 Å². The third-order valence-electron chi connectivity index (χ3n) is 4.78. The maximum atomic E-state index is 13.4. The standard InChI is InChI=1S/C22H26FN5/c1-15-12-18(10-11-21(15)23)13-25-22(24-4)26-14-20-16(2)27-28(17(20)3)19-8-6-5-7-9-19/h5-12H,13-14H2,1-4H3,(H2,24,25,26). The molecule has 28 heavy (non-hydrogen) atoms. The first kappa shape index (κ1) is 19.6. The minimum atomic E-state index is -0.187. The zero-order valence-electron chi connectivity index (χ0n) is 16.8. The highest BCUT2D eigenvalue weighted by Crippen LogP contribution is 2.17. The number of halogens is 1. The van der Waals surface area contributed by atoms with E-state index in [2.05, 4.69) is 27.6 Å². The molecular formula is C22H26FN5. The lowest BCUT2D eigenvalue weighted by atomic mass is 10.1. The van der Waals surface area contributed by atoms with Gasteiger partial charge >= 0.3 is 0 Å². The van der Waals surface area contributed by atoms with Gasteiger partial charge in [-0.2, -0.15) is 5.10 Å². The van der Waals surface area contributed by atoms with Crippen molar-refractivity contribution in [3.63, 3.8) is 0 Å². The molecule has 2 N–H and O–H groups in total. The highest BCUT2D eigenvalue weighted by molar-refractivity contribution is 5.79. The van der Waals surface area contributed by atoms with Crippen molar-refractivity contribution in [3.8, 4) is 5.69 Å². The number of nitrogens with one attached hydrogen (secondary N) is 2. The van der Waals surface area contributed by atoms with E-state index in [1.807, 2.05) is 48.0 Å². The first-order chi connectivity index (χ1) is 13.5. The maximum absolute atomic E-state index is 13.4. The van der Waals surface area contributed by atoms with E-state index < -0.39 is 0 Å². The third kappa shape index (κ3) is 4.39. The van der Waals surface area contributed by atoms with Crippen LogP contribution in [-0.2, 0) is 13.1 Å². The van der Waals surface area contributed by atoms with Crippen molar-refractivity contribution in [2.24, 2.45) is 4.99 Å². The number of para-hydroxylation sites is 1. The van der Waals surface area contributed by atoms with Crippen LogP contribution in [0.3, 0.4) is 0 Å². The summed E-state index contributed by atoms with van der Waals surface area (Å²) < 4.78 is 15.4. The molecule has 0 atom stereocenters. The van der Waals surface area contributed by atoms with Crippen LogP contribution in [0.4, 0.5) is 4.39 Å². The average molecular weight is 379 g/mol. The topological polar surface area (TPSA) is 54.2 Å². The summed E-state index contributed by atoms with van der Waals surface area (Å²) in [4.78, 5) is 4.28. The second kappa shape index (κ2) is 8.69. The summed E-state index contributed by atoms with van der Waals surface area (Å²) in [6.45, 7) is 7.04. The molecule has 3 aromatic rings. The van der Waals surface area contributed by atoms with Crippen LogP contribution in [0.25, 0.3) is 5.69 Å². The SMILES string of the molecule is CN=C(NCc1ccc(F)c(C)c1)NCc1c(C)nn(-c2ccccc2)c1C. The summed E-state index contributed by atoms with van der Waals surface area (Å²) in [5, 5.41) is 11.3. The molecule has 0 aliphatic rings. The number of hydrogen-bond donors (Lipinski definition) is 2. The van der Waals surface area contributed by atoms with Gasteiger partial charge in [-0.1, -0.05) is 30.3 Å². The van der Waals surface area contributed by atoms with Gasteiger partial charge in [0.15, 0.2) is 5.96 Å². The quantitative estimate of drug-likeness (QED) is 0.524. The number of benzene rings is 2. The van der Waals surface area contributed by atoms with Crippen LogP contribution in [0.15, 0.2) is 53.5 Å². The van der Waals surface area contributed by atoms with Crippen molar-refractivity contribution < 1.29 is 4.39 Å². The van der Waals surface area contributed by atoms with E-state index in [9.17, 15) is 4.39 Å². The molecule has 0 saturated heterocycles. The van der Waals surface area contributed by atoms with Gasteiger partial charge in [-0.15, -0.1) is 0 Å². The first-order valence-corrected chi connectivity index (χ1v) is 9.29. The Balaban J connectivity index is 1.65. The largest absolute Gasteiger partial charge is 0.352 e. The number of aliphatic imine (C=N–C) groups is 1. The molecule has 6 heteroatoms. The molecule has 1 heterocycles. The second-order valence-corrected chi connectivity index (χ2v) is 6.76. The molecule has 0 aliphatic heterocycles. The van der Waals surface area contributed by atoms with Crippen LogP contribution in [0.1, 0.15) is 28.1 Å². The predicted octanol–water partition coefficient (Wildman–Crippen LogP) is 3.80. The molecule has 2 aromatic carbocycles. The Morgan fingerprint density at radius 1 is 1.04 bits per heavy atom. The molecular weight excluding hydrogens is 353 g/mol. The first-order valence-electron chi connectivity index (χ1n) is 9.29. The smallest absolute Gasteiger partial charge is 0.191 e. The fourth-order valence-corrected chi connectivity index (χ4v) is 3.15. The van der Waals surface area contributed by atoms with Crippen molar-refractivity contribution in [2.45, 2.75) is 33.9 Å². The van der Waals surface area contributed by atoms with Crippen molar-refractivity contribution in [3.05, 3.63) is 82.4 Å². The molecule has 0 fully saturated rings. The van der Waals surface area contributed by atoms with Gasteiger partial charge in [0.1, 0.15) is 5.82 Å². The summed E-state index contributed by atoms with van der Waals surface area (Å²) in [7, 11) is 1.73. The lowest BCUT2D eigenvalue weighted by Gasteiger charge is -2.13. The fourth-order valence-electron chi connectivity index (χ4n) is 3.15. The van der Waals surface area contributed by atoms with Crippen LogP contribution in [-0.4, -0.2) is 22.8 Å². The molecule has 0 unspecified atom stereocenters. The molecule has 0 radical (unpaired) electrons. The predicted molar refractivity (Wildman–Crippen MR) is 111 cm³/mol. The lowest BCUT2D eigenvalue weighted by molar-refractivity contribution is 0.617. The van der Waals surface area contributed by atoms with Crippen molar-refractivity contribution in [2.75, 3.05) is 7.05 Å². The maximum Gasteiger partial charge on any atom is 0.191 e. The van der Waals surface area contributed by atoms with Gasteiger partial charge in [0, 0.05) is 31.4 Å². The summed E-state index contributed by atoms with van der Waals surface area (Å²) in [5.74, 6) is 0.501. The van der Waals surface area contributed by atoms with E-state index in [1.54, 1.807) is 20.0 Å². The second-order valence-electron chi connectivity index (χ2n) is 6.76. The molecule has 0 saturated carbocycles. The van der Waals surface area contributed by atoms with Crippen molar-refractivity contribution in [1.82, 2.24) is 20.4 Å². The lowest BCUT2D eigenvalue weighted by Crippen LogP contribution is -2.36. The van der Waals surface area contributed by atoms with Crippen molar-refractivity contribution in [1.29, 1.82) is 0 Å². The van der Waals surface area contributed by atoms with Crippen LogP contribution in [0.5, 0.6) is 0 Å². The number of rotatable bonds is 5. The van der Waals surface area contributed by atoms with Gasteiger partial charge in [0.2, 0.25) is 0 Å². The molecule has 3 rings (SSSR count). The molecule has 5 nitrogen and oxygen atoms in total. The van der Waals surface area contributed by atoms with E-state index in [4.69, 9.17) is 0 Å². The van der Waals surface area contributed by atoms with Crippen LogP contribution >= 0.6 is 0 Å². The highest BCUT2D eigenvalue weighted by atomic mass is 19.1. The van der Waals surface area contributed by atoms with E-state index in [0.29, 0.717) is 24.6 Å². The van der Waals surface area contributed by atoms with Crippen LogP contribution in [0, 0.1) is 26.6 Å². The van der Waals surface area contributed by atoms with Gasteiger partial charge in [-0.3, -0.25) is 4.99 Å². The van der Waals surface area contributed by atoms with Crippen molar-refractivity contribution >= 4 is 5.96 Å². The molecule has 0 spiro atoms. The van der Waals surface area contributed by atoms with Crippen LogP contribution < -0.4 is 10.6 Å². The fraction of sp³-hybridized carbons (Fsp3) is 0.273. The summed E-state index contributed by atoms with van der Waals surface area (Å²) in [6, 6.07) is 15.2. The Morgan fingerprint density at radius 3 is 2.43 bits per heavy atom. The molecule has 0 bridgehead atoms. The van der Waals surface area contributed by atoms with E-state index in [0.717, 1.165) is 28.2 Å². The summed E-state index contributed by atoms with van der Waals surface area (Å²) in [5.41, 5.74) is 5.92. The van der Waals surface area contributed by atoms with Gasteiger partial charge in [0.05, 0.1) is 11.4 Å². The Kier molecular flexibility index (Phi) is 6.09. The van der Waals surface area contributed by atoms with Gasteiger partial charge in [0.25, 0.3) is 0 Å². The Labute approximate surface area is 165 Å². The Bertz CT molecular complexity index is 976. The number of nitrogens with zero attached hydrogens (tertiary/aromatic N) is 3. The Morgan fingerprint density at radius 2 is 1.75 bits per heavy atom. The van der Waals surface area contributed by atoms with Gasteiger partial charge in [-0.05, 0) is 50.1 Å². The number of aryl methyl sites for hydroxylation is 2. The summed E-state index contributed by atoms with van der Waals surface area (Å²) >= 11 is 0. The minimum absolute atomic E-state index is 0.187. The zero-order valence-corrected chi connectivity index (χ0v) is 16.8. The Hall–Kier alpha value is -3.15. The summed E-state index contributed by atoms with van der Waals surface area (Å²) in [6.07, 6.45) is 0. The van der Waals surface area contributed by atoms with Crippen LogP contribution in [0.2, 0.25) is 0 Å². The molecule has 0 amide bonds. The third-order valence-corrected chi connectivity index (χ3v) is 4.78. The molecule has 1 aromatic heterocycles. The monoisotopic (exact) mass is 379 g/mol.